The van der Waals surface area contributed by atoms with Crippen molar-refractivity contribution in [3.63, 3.8) is 0 Å². The van der Waals surface area contributed by atoms with E-state index in [1.807, 2.05) is 12.1 Å². The molecule has 0 aliphatic rings. The third-order valence-electron chi connectivity index (χ3n) is 2.58. The quantitative estimate of drug-likeness (QED) is 0.867. The standard InChI is InChI=1S/C12H19ClN2OS/c1-3-4-5-10(14)12(16)15(2)8-9-6-7-11(13)17-9/h6-7,10H,3-5,8,14H2,1-2H3. The Balaban J connectivity index is 2.46. The Bertz CT molecular complexity index is 367. The lowest BCUT2D eigenvalue weighted by Gasteiger charge is -2.20. The van der Waals surface area contributed by atoms with Crippen LogP contribution < -0.4 is 5.73 Å². The predicted octanol–water partition coefficient (Wildman–Crippen LogP) is 2.88. The Morgan fingerprint density at radius 1 is 1.59 bits per heavy atom. The molecule has 0 aliphatic heterocycles. The molecule has 1 atom stereocenters. The first-order valence-corrected chi connectivity index (χ1v) is 6.98. The van der Waals surface area contributed by atoms with Gasteiger partial charge in [0.25, 0.3) is 0 Å². The summed E-state index contributed by atoms with van der Waals surface area (Å²) in [6.45, 7) is 2.67. The second-order valence-corrected chi connectivity index (χ2v) is 5.95. The maximum Gasteiger partial charge on any atom is 0.239 e. The van der Waals surface area contributed by atoms with Crippen LogP contribution in [0.3, 0.4) is 0 Å². The van der Waals surface area contributed by atoms with Gasteiger partial charge >= 0.3 is 0 Å². The summed E-state index contributed by atoms with van der Waals surface area (Å²) in [4.78, 5) is 14.7. The Labute approximate surface area is 112 Å². The number of amides is 1. The SMILES string of the molecule is CCCCC(N)C(=O)N(C)Cc1ccc(Cl)s1. The van der Waals surface area contributed by atoms with Crippen LogP contribution in [-0.2, 0) is 11.3 Å². The summed E-state index contributed by atoms with van der Waals surface area (Å²) in [6.07, 6.45) is 2.81. The van der Waals surface area contributed by atoms with Crippen LogP contribution in [0.4, 0.5) is 0 Å². The van der Waals surface area contributed by atoms with Crippen molar-refractivity contribution in [3.8, 4) is 0 Å². The van der Waals surface area contributed by atoms with Crippen molar-refractivity contribution in [2.24, 2.45) is 5.73 Å². The molecule has 1 aromatic rings. The summed E-state index contributed by atoms with van der Waals surface area (Å²) >= 11 is 7.34. The zero-order valence-corrected chi connectivity index (χ0v) is 11.9. The number of nitrogens with zero attached hydrogens (tertiary/aromatic N) is 1. The molecule has 0 aliphatic carbocycles. The van der Waals surface area contributed by atoms with Gasteiger partial charge in [0.2, 0.25) is 5.91 Å². The van der Waals surface area contributed by atoms with Crippen LogP contribution in [0.1, 0.15) is 31.1 Å². The van der Waals surface area contributed by atoms with Crippen LogP contribution >= 0.6 is 22.9 Å². The molecule has 1 heterocycles. The fraction of sp³-hybridized carbons (Fsp3) is 0.583. The summed E-state index contributed by atoms with van der Waals surface area (Å²) in [7, 11) is 1.78. The van der Waals surface area contributed by atoms with Gasteiger partial charge in [0.1, 0.15) is 0 Å². The van der Waals surface area contributed by atoms with Crippen molar-refractivity contribution in [1.82, 2.24) is 4.90 Å². The van der Waals surface area contributed by atoms with Gasteiger partial charge in [-0.05, 0) is 18.6 Å². The molecular formula is C12H19ClN2OS. The number of likely N-dealkylation sites (N-methyl/N-ethyl adjacent to an activating group) is 1. The number of unbranched alkanes of at least 4 members (excludes halogenated alkanes) is 1. The minimum absolute atomic E-state index is 0.00275. The number of carbonyl (C=O) groups is 1. The Morgan fingerprint density at radius 2 is 2.29 bits per heavy atom. The third kappa shape index (κ3) is 4.66. The van der Waals surface area contributed by atoms with E-state index in [0.29, 0.717) is 6.54 Å². The van der Waals surface area contributed by atoms with E-state index in [-0.39, 0.29) is 11.9 Å². The van der Waals surface area contributed by atoms with Crippen LogP contribution in [0.2, 0.25) is 4.34 Å². The molecule has 1 aromatic heterocycles. The number of thiophene rings is 1. The first-order valence-electron chi connectivity index (χ1n) is 5.79. The lowest BCUT2D eigenvalue weighted by molar-refractivity contribution is -0.131. The molecule has 0 saturated heterocycles. The van der Waals surface area contributed by atoms with E-state index in [4.69, 9.17) is 17.3 Å². The molecule has 0 radical (unpaired) electrons. The number of carbonyl (C=O) groups excluding carboxylic acids is 1. The van der Waals surface area contributed by atoms with Gasteiger partial charge < -0.3 is 10.6 Å². The van der Waals surface area contributed by atoms with E-state index < -0.39 is 0 Å². The van der Waals surface area contributed by atoms with Crippen molar-refractivity contribution in [1.29, 1.82) is 0 Å². The normalized spacial score (nSPS) is 12.5. The summed E-state index contributed by atoms with van der Waals surface area (Å²) in [5, 5.41) is 0. The molecule has 96 valence electrons. The minimum Gasteiger partial charge on any atom is -0.339 e. The second kappa shape index (κ2) is 6.99. The van der Waals surface area contributed by atoms with Gasteiger partial charge in [-0.15, -0.1) is 11.3 Å². The van der Waals surface area contributed by atoms with Crippen molar-refractivity contribution >= 4 is 28.8 Å². The molecule has 2 N–H and O–H groups in total. The van der Waals surface area contributed by atoms with Gasteiger partial charge in [-0.3, -0.25) is 4.79 Å². The molecule has 5 heteroatoms. The Kier molecular flexibility index (Phi) is 5.95. The zero-order valence-electron chi connectivity index (χ0n) is 10.3. The van der Waals surface area contributed by atoms with E-state index in [0.717, 1.165) is 28.5 Å². The minimum atomic E-state index is -0.379. The van der Waals surface area contributed by atoms with E-state index in [1.165, 1.54) is 11.3 Å². The second-order valence-electron chi connectivity index (χ2n) is 4.15. The topological polar surface area (TPSA) is 46.3 Å². The van der Waals surface area contributed by atoms with E-state index in [1.54, 1.807) is 11.9 Å². The highest BCUT2D eigenvalue weighted by molar-refractivity contribution is 7.16. The number of nitrogens with two attached hydrogens (primary N) is 1. The largest absolute Gasteiger partial charge is 0.339 e. The lowest BCUT2D eigenvalue weighted by Crippen LogP contribution is -2.41. The number of halogens is 1. The predicted molar refractivity (Wildman–Crippen MR) is 73.3 cm³/mol. The average Bonchev–Trinajstić information content (AvgIpc) is 2.70. The monoisotopic (exact) mass is 274 g/mol. The maximum absolute atomic E-state index is 11.9. The van der Waals surface area contributed by atoms with Gasteiger partial charge in [-0.25, -0.2) is 0 Å². The van der Waals surface area contributed by atoms with Crippen molar-refractivity contribution < 1.29 is 4.79 Å². The van der Waals surface area contributed by atoms with Crippen molar-refractivity contribution in [2.45, 2.75) is 38.8 Å². The molecule has 0 spiro atoms. The van der Waals surface area contributed by atoms with Crippen LogP contribution in [0.25, 0.3) is 0 Å². The Hall–Kier alpha value is -0.580. The van der Waals surface area contributed by atoms with Gasteiger partial charge in [0, 0.05) is 11.9 Å². The highest BCUT2D eigenvalue weighted by Gasteiger charge is 2.17. The number of rotatable bonds is 6. The summed E-state index contributed by atoms with van der Waals surface area (Å²) in [5.74, 6) is 0.00275. The molecule has 3 nitrogen and oxygen atoms in total. The first-order chi connectivity index (χ1) is 8.04. The molecule has 0 bridgehead atoms. The van der Waals surface area contributed by atoms with Crippen LogP contribution in [0.15, 0.2) is 12.1 Å². The fourth-order valence-corrected chi connectivity index (χ4v) is 2.72. The van der Waals surface area contributed by atoms with E-state index in [2.05, 4.69) is 6.92 Å². The van der Waals surface area contributed by atoms with Crippen LogP contribution in [0.5, 0.6) is 0 Å². The molecule has 1 rings (SSSR count). The molecule has 0 saturated carbocycles. The summed E-state index contributed by atoms with van der Waals surface area (Å²) in [5.41, 5.74) is 5.85. The highest BCUT2D eigenvalue weighted by Crippen LogP contribution is 2.22. The molecule has 1 amide bonds. The third-order valence-corrected chi connectivity index (χ3v) is 3.80. The number of hydrogen-bond donors (Lipinski definition) is 1. The van der Waals surface area contributed by atoms with Crippen molar-refractivity contribution in [2.75, 3.05) is 7.05 Å². The van der Waals surface area contributed by atoms with Gasteiger partial charge in [0.15, 0.2) is 0 Å². The van der Waals surface area contributed by atoms with E-state index in [9.17, 15) is 4.79 Å². The molecule has 0 fully saturated rings. The molecule has 1 unspecified atom stereocenters. The molecular weight excluding hydrogens is 256 g/mol. The van der Waals surface area contributed by atoms with Crippen LogP contribution in [0, 0.1) is 0 Å². The summed E-state index contributed by atoms with van der Waals surface area (Å²) < 4.78 is 0.746. The fourth-order valence-electron chi connectivity index (χ4n) is 1.58. The lowest BCUT2D eigenvalue weighted by atomic mass is 10.1. The highest BCUT2D eigenvalue weighted by atomic mass is 35.5. The van der Waals surface area contributed by atoms with E-state index >= 15 is 0 Å². The van der Waals surface area contributed by atoms with Gasteiger partial charge in [-0.2, -0.15) is 0 Å². The molecule has 0 aromatic carbocycles. The van der Waals surface area contributed by atoms with Crippen molar-refractivity contribution in [3.05, 3.63) is 21.3 Å². The smallest absolute Gasteiger partial charge is 0.239 e. The zero-order chi connectivity index (χ0) is 12.8. The van der Waals surface area contributed by atoms with Gasteiger partial charge in [-0.1, -0.05) is 31.4 Å². The average molecular weight is 275 g/mol. The maximum atomic E-state index is 11.9. The van der Waals surface area contributed by atoms with Crippen LogP contribution in [-0.4, -0.2) is 23.9 Å². The van der Waals surface area contributed by atoms with Gasteiger partial charge in [0.05, 0.1) is 16.9 Å². The first kappa shape index (κ1) is 14.5. The number of hydrogen-bond acceptors (Lipinski definition) is 3. The summed E-state index contributed by atoms with van der Waals surface area (Å²) in [6, 6.07) is 3.40. The Morgan fingerprint density at radius 3 is 2.82 bits per heavy atom. The molecule has 17 heavy (non-hydrogen) atoms.